The van der Waals surface area contributed by atoms with Crippen LogP contribution in [0.25, 0.3) is 83.1 Å². The molecule has 0 saturated carbocycles. The molecule has 0 atom stereocenters. The molecule has 0 spiro atoms. The van der Waals surface area contributed by atoms with Gasteiger partial charge >= 0.3 is 0 Å². The third-order valence-corrected chi connectivity index (χ3v) is 17.0. The molecule has 368 valence electrons. The molecule has 15 rings (SSSR count). The second-order valence-corrected chi connectivity index (χ2v) is 21.5. The molecule has 1 aromatic heterocycles. The van der Waals surface area contributed by atoms with Gasteiger partial charge in [0.25, 0.3) is 0 Å². The average molecular weight is 995 g/mol. The number of anilines is 3. The summed E-state index contributed by atoms with van der Waals surface area (Å²) in [4.78, 5) is 2.47. The van der Waals surface area contributed by atoms with Crippen LogP contribution in [0.15, 0.2) is 291 Å². The first-order valence-corrected chi connectivity index (χ1v) is 27.3. The van der Waals surface area contributed by atoms with E-state index in [4.69, 9.17) is 0 Å². The minimum atomic E-state index is -0.559. The van der Waals surface area contributed by atoms with E-state index in [1.807, 2.05) is 0 Å². The lowest BCUT2D eigenvalue weighted by atomic mass is 9.66. The molecule has 2 nitrogen and oxygen atoms in total. The lowest BCUT2D eigenvalue weighted by Crippen LogP contribution is -2.29. The van der Waals surface area contributed by atoms with Gasteiger partial charge in [-0.2, -0.15) is 0 Å². The molecular weight excluding hydrogens is 941 g/mol. The number of aromatic nitrogens is 1. The van der Waals surface area contributed by atoms with Gasteiger partial charge in [0.15, 0.2) is 0 Å². The summed E-state index contributed by atoms with van der Waals surface area (Å²) < 4.78 is 2.54. The molecule has 1 heterocycles. The van der Waals surface area contributed by atoms with Crippen molar-refractivity contribution in [1.82, 2.24) is 4.57 Å². The molecule has 0 fully saturated rings. The van der Waals surface area contributed by atoms with Gasteiger partial charge in [0, 0.05) is 38.8 Å². The fraction of sp³-hybridized carbons (Fsp3) is 0.0526. The van der Waals surface area contributed by atoms with E-state index in [9.17, 15) is 0 Å². The lowest BCUT2D eigenvalue weighted by molar-refractivity contribution is 0.660. The summed E-state index contributed by atoms with van der Waals surface area (Å²) in [6.45, 7) is 4.74. The van der Waals surface area contributed by atoms with E-state index in [1.165, 1.54) is 88.7 Å². The number of nitrogens with zero attached hydrogens (tertiary/aromatic N) is 2. The Kier molecular flexibility index (Phi) is 10.5. The summed E-state index contributed by atoms with van der Waals surface area (Å²) in [5.74, 6) is 0. The summed E-state index contributed by atoms with van der Waals surface area (Å²) in [6.07, 6.45) is 0. The second-order valence-electron chi connectivity index (χ2n) is 21.5. The van der Waals surface area contributed by atoms with Gasteiger partial charge in [0.2, 0.25) is 0 Å². The Morgan fingerprint density at radius 1 is 0.308 bits per heavy atom. The van der Waals surface area contributed by atoms with Crippen molar-refractivity contribution in [3.63, 3.8) is 0 Å². The Labute approximate surface area is 456 Å². The van der Waals surface area contributed by atoms with Crippen molar-refractivity contribution < 1.29 is 0 Å². The van der Waals surface area contributed by atoms with Crippen molar-refractivity contribution in [2.24, 2.45) is 0 Å². The van der Waals surface area contributed by atoms with Crippen LogP contribution < -0.4 is 4.90 Å². The van der Waals surface area contributed by atoms with Gasteiger partial charge in [0.05, 0.1) is 22.1 Å². The van der Waals surface area contributed by atoms with Crippen LogP contribution in [0, 0.1) is 0 Å². The minimum absolute atomic E-state index is 0.162. The van der Waals surface area contributed by atoms with Gasteiger partial charge in [-0.15, -0.1) is 0 Å². The molecule has 2 aliphatic rings. The van der Waals surface area contributed by atoms with Crippen LogP contribution in [0.1, 0.15) is 47.2 Å². The van der Waals surface area contributed by atoms with E-state index in [2.05, 4.69) is 315 Å². The Hall–Kier alpha value is -9.76. The van der Waals surface area contributed by atoms with Gasteiger partial charge in [0.1, 0.15) is 0 Å². The summed E-state index contributed by atoms with van der Waals surface area (Å²) in [5, 5.41) is 2.43. The van der Waals surface area contributed by atoms with Crippen molar-refractivity contribution in [3.8, 4) is 61.3 Å². The van der Waals surface area contributed by atoms with Crippen molar-refractivity contribution in [3.05, 3.63) is 325 Å². The molecule has 0 saturated heterocycles. The maximum atomic E-state index is 2.54. The summed E-state index contributed by atoms with van der Waals surface area (Å²) >= 11 is 0. The summed E-state index contributed by atoms with van der Waals surface area (Å²) in [5.41, 5.74) is 26.0. The topological polar surface area (TPSA) is 8.17 Å². The zero-order valence-corrected chi connectivity index (χ0v) is 43.6. The number of rotatable bonds is 9. The molecule has 2 heteroatoms. The maximum absolute atomic E-state index is 2.54. The van der Waals surface area contributed by atoms with Crippen LogP contribution in [0.3, 0.4) is 0 Å². The zero-order valence-electron chi connectivity index (χ0n) is 43.6. The molecule has 0 unspecified atom stereocenters. The number of hydrogen-bond donors (Lipinski definition) is 0. The first kappa shape index (κ1) is 45.6. The lowest BCUT2D eigenvalue weighted by Gasteiger charge is -2.35. The Morgan fingerprint density at radius 2 is 0.846 bits per heavy atom. The first-order valence-electron chi connectivity index (χ1n) is 27.3. The molecule has 0 radical (unpaired) electrons. The second kappa shape index (κ2) is 17.9. The van der Waals surface area contributed by atoms with E-state index < -0.39 is 5.41 Å². The monoisotopic (exact) mass is 994 g/mol. The summed E-state index contributed by atoms with van der Waals surface area (Å²) in [7, 11) is 0. The molecular formula is C76H54N2. The van der Waals surface area contributed by atoms with E-state index in [0.29, 0.717) is 0 Å². The van der Waals surface area contributed by atoms with Gasteiger partial charge in [-0.3, -0.25) is 0 Å². The zero-order chi connectivity index (χ0) is 52.0. The van der Waals surface area contributed by atoms with Gasteiger partial charge in [-0.1, -0.05) is 250 Å². The number of hydrogen-bond acceptors (Lipinski definition) is 1. The molecule has 2 aliphatic carbocycles. The average Bonchev–Trinajstić information content (AvgIpc) is 3.71. The van der Waals surface area contributed by atoms with Gasteiger partial charge in [-0.25, -0.2) is 0 Å². The number of para-hydroxylation sites is 2. The molecule has 0 bridgehead atoms. The number of fused-ring (bicyclic) bond motifs is 9. The highest BCUT2D eigenvalue weighted by Crippen LogP contribution is 2.59. The Balaban J connectivity index is 1.00. The Morgan fingerprint density at radius 3 is 1.54 bits per heavy atom. The largest absolute Gasteiger partial charge is 0.310 e. The van der Waals surface area contributed by atoms with Crippen LogP contribution >= 0.6 is 0 Å². The van der Waals surface area contributed by atoms with Crippen molar-refractivity contribution in [1.29, 1.82) is 0 Å². The van der Waals surface area contributed by atoms with Crippen LogP contribution in [0.2, 0.25) is 0 Å². The van der Waals surface area contributed by atoms with Crippen LogP contribution in [-0.2, 0) is 10.8 Å². The van der Waals surface area contributed by atoms with Crippen molar-refractivity contribution in [2.45, 2.75) is 24.7 Å². The minimum Gasteiger partial charge on any atom is -0.310 e. The smallest absolute Gasteiger partial charge is 0.0719 e. The van der Waals surface area contributed by atoms with E-state index in [0.717, 1.165) is 44.9 Å². The Bertz CT molecular complexity index is 4400. The molecule has 0 N–H and O–H groups in total. The number of benzene rings is 12. The van der Waals surface area contributed by atoms with Crippen molar-refractivity contribution in [2.75, 3.05) is 4.90 Å². The fourth-order valence-electron chi connectivity index (χ4n) is 13.7. The van der Waals surface area contributed by atoms with Crippen LogP contribution in [0.5, 0.6) is 0 Å². The van der Waals surface area contributed by atoms with Crippen LogP contribution in [0.4, 0.5) is 17.1 Å². The van der Waals surface area contributed by atoms with Crippen molar-refractivity contribution >= 4 is 38.9 Å². The van der Waals surface area contributed by atoms with E-state index in [-0.39, 0.29) is 5.41 Å². The highest BCUT2D eigenvalue weighted by molar-refractivity contribution is 6.17. The van der Waals surface area contributed by atoms with E-state index in [1.54, 1.807) is 0 Å². The molecule has 12 aromatic carbocycles. The maximum Gasteiger partial charge on any atom is 0.0719 e. The quantitative estimate of drug-likeness (QED) is 0.140. The molecule has 0 amide bonds. The predicted molar refractivity (Wildman–Crippen MR) is 327 cm³/mol. The SMILES string of the molecule is CC1(C)c2ccccc2-c2ccc(N(c3ccccc3)c3cc(-c4ccccc4)c4c5ccccc5n(-c5ccc(-c6cccc7c6C(c6ccccc6)(c6ccccc6)c6ccccc6-7)cc5-c5ccccc5)c4c3)cc21. The molecule has 13 aromatic rings. The van der Waals surface area contributed by atoms with E-state index >= 15 is 0 Å². The molecule has 0 aliphatic heterocycles. The first-order chi connectivity index (χ1) is 38.5. The van der Waals surface area contributed by atoms with Gasteiger partial charge < -0.3 is 9.47 Å². The third-order valence-electron chi connectivity index (χ3n) is 17.0. The fourth-order valence-corrected chi connectivity index (χ4v) is 13.7. The predicted octanol–water partition coefficient (Wildman–Crippen LogP) is 19.9. The highest BCUT2D eigenvalue weighted by Gasteiger charge is 2.47. The van der Waals surface area contributed by atoms with Crippen LogP contribution in [-0.4, -0.2) is 4.57 Å². The standard InChI is InChI=1S/C76H54N2/c1-75(2)67-40-21-18-35-60(67)62-45-44-57(49-69(62)75)77(56-33-16-7-17-34-56)58-48-66(52-27-10-4-11-28-52)73-64-37-20-23-42-70(64)78(72(73)50-58)71-46-43-53(47-65(71)51-25-8-3-9-26-51)59-38-24-39-63-61-36-19-22-41-68(61)76(74(59)63,54-29-12-5-13-30-54)55-31-14-6-15-32-55/h3-50H,1-2H3. The normalized spacial score (nSPS) is 13.5. The van der Waals surface area contributed by atoms with Gasteiger partial charge in [-0.05, 0) is 138 Å². The highest BCUT2D eigenvalue weighted by atomic mass is 15.1. The summed E-state index contributed by atoms with van der Waals surface area (Å²) in [6, 6.07) is 108. The molecule has 78 heavy (non-hydrogen) atoms. The third kappa shape index (κ3) is 6.83.